The summed E-state index contributed by atoms with van der Waals surface area (Å²) >= 11 is 0. The van der Waals surface area contributed by atoms with Crippen LogP contribution in [0.5, 0.6) is 0 Å². The lowest BCUT2D eigenvalue weighted by Gasteiger charge is -2.18. The number of esters is 3. The first kappa shape index (κ1) is 76.1. The predicted molar refractivity (Wildman–Crippen MR) is 340 cm³/mol. The maximum atomic E-state index is 12.9. The Labute approximate surface area is 488 Å². The van der Waals surface area contributed by atoms with E-state index in [1.54, 1.807) is 0 Å². The molecule has 0 radical (unpaired) electrons. The van der Waals surface area contributed by atoms with Crippen molar-refractivity contribution < 1.29 is 28.6 Å². The van der Waals surface area contributed by atoms with Gasteiger partial charge in [0.15, 0.2) is 6.10 Å². The first-order valence-corrected chi connectivity index (χ1v) is 35.7. The molecule has 0 aromatic heterocycles. The molecule has 0 spiro atoms. The first-order chi connectivity index (χ1) is 38.5. The number of carbonyl (C=O) groups excluding carboxylic acids is 3. The predicted octanol–water partition coefficient (Wildman–Crippen LogP) is 24.4. The van der Waals surface area contributed by atoms with Crippen molar-refractivity contribution in [3.8, 4) is 0 Å². The number of carbonyl (C=O) groups is 3. The average Bonchev–Trinajstić information content (AvgIpc) is 3.44. The van der Waals surface area contributed by atoms with Crippen LogP contribution in [0.4, 0.5) is 0 Å². The van der Waals surface area contributed by atoms with Crippen molar-refractivity contribution in [2.45, 2.75) is 419 Å². The lowest BCUT2D eigenvalue weighted by Crippen LogP contribution is -2.30. The molecule has 0 saturated carbocycles. The van der Waals surface area contributed by atoms with Gasteiger partial charge in [-0.05, 0) is 44.9 Å². The molecule has 0 aliphatic heterocycles. The largest absolute Gasteiger partial charge is 0.462 e. The second-order valence-electron chi connectivity index (χ2n) is 24.5. The van der Waals surface area contributed by atoms with Crippen LogP contribution in [0, 0.1) is 0 Å². The molecule has 0 saturated heterocycles. The number of hydrogen-bond acceptors (Lipinski definition) is 6. The van der Waals surface area contributed by atoms with E-state index < -0.39 is 6.10 Å². The Bertz CT molecular complexity index is 1210. The monoisotopic (exact) mass is 1100 g/mol. The van der Waals surface area contributed by atoms with Crippen molar-refractivity contribution in [3.05, 3.63) is 12.2 Å². The van der Waals surface area contributed by atoms with E-state index >= 15 is 0 Å². The Hall–Kier alpha value is -1.85. The van der Waals surface area contributed by atoms with Crippen molar-refractivity contribution in [2.24, 2.45) is 0 Å². The van der Waals surface area contributed by atoms with E-state index in [2.05, 4.69) is 32.9 Å². The summed E-state index contributed by atoms with van der Waals surface area (Å²) in [6.45, 7) is 6.73. The third-order valence-corrected chi connectivity index (χ3v) is 16.5. The SMILES string of the molecule is CCCCCCCC/C=C\CCCCCCCCCCCC(=O)OC(COC(=O)CCCCCCCCCCCCCCCC)COC(=O)CCCCCCCCCCCCCCCCCCCCCCCCCCCCC. The van der Waals surface area contributed by atoms with Crippen LogP contribution in [-0.2, 0) is 28.6 Å². The summed E-state index contributed by atoms with van der Waals surface area (Å²) in [5.41, 5.74) is 0. The molecule has 78 heavy (non-hydrogen) atoms. The zero-order chi connectivity index (χ0) is 56.4. The smallest absolute Gasteiger partial charge is 0.306 e. The summed E-state index contributed by atoms with van der Waals surface area (Å²) in [4.78, 5) is 38.4. The standard InChI is InChI=1S/C72H138O6/c1-4-7-10-13-16-19-22-25-28-30-32-33-34-35-36-37-38-39-41-42-44-47-50-53-56-59-62-65-71(74)77-68-69(67-76-70(73)64-61-58-55-52-49-46-27-24-21-18-15-12-9-6-3)78-72(75)66-63-60-57-54-51-48-45-43-40-31-29-26-23-20-17-14-11-8-5-2/h26,29,69H,4-25,27-28,30-68H2,1-3H3/b29-26-. The maximum absolute atomic E-state index is 12.9. The van der Waals surface area contributed by atoms with Crippen LogP contribution in [0.25, 0.3) is 0 Å². The molecule has 0 heterocycles. The van der Waals surface area contributed by atoms with Crippen LogP contribution < -0.4 is 0 Å². The summed E-state index contributed by atoms with van der Waals surface area (Å²) in [5.74, 6) is -0.830. The van der Waals surface area contributed by atoms with Crippen LogP contribution in [0.1, 0.15) is 412 Å². The molecule has 1 unspecified atom stereocenters. The molecule has 1 atom stereocenters. The van der Waals surface area contributed by atoms with E-state index in [0.717, 1.165) is 57.8 Å². The molecule has 0 rings (SSSR count). The van der Waals surface area contributed by atoms with E-state index in [4.69, 9.17) is 14.2 Å². The van der Waals surface area contributed by atoms with Gasteiger partial charge in [0.05, 0.1) is 0 Å². The minimum absolute atomic E-state index is 0.0638. The van der Waals surface area contributed by atoms with E-state index in [1.807, 2.05) is 0 Å². The second kappa shape index (κ2) is 67.7. The third kappa shape index (κ3) is 65.0. The Morgan fingerprint density at radius 3 is 0.641 bits per heavy atom. The minimum atomic E-state index is -0.767. The molecular weight excluding hydrogens is 961 g/mol. The van der Waals surface area contributed by atoms with E-state index in [1.165, 1.54) is 315 Å². The molecule has 0 bridgehead atoms. The van der Waals surface area contributed by atoms with Gasteiger partial charge in [0, 0.05) is 19.3 Å². The van der Waals surface area contributed by atoms with Crippen molar-refractivity contribution in [2.75, 3.05) is 13.2 Å². The zero-order valence-corrected chi connectivity index (χ0v) is 53.2. The van der Waals surface area contributed by atoms with Crippen LogP contribution >= 0.6 is 0 Å². The highest BCUT2D eigenvalue weighted by molar-refractivity contribution is 5.71. The number of ether oxygens (including phenoxy) is 3. The Kier molecular flexibility index (Phi) is 66.0. The van der Waals surface area contributed by atoms with E-state index in [-0.39, 0.29) is 31.1 Å². The number of hydrogen-bond donors (Lipinski definition) is 0. The lowest BCUT2D eigenvalue weighted by molar-refractivity contribution is -0.167. The van der Waals surface area contributed by atoms with Crippen molar-refractivity contribution in [3.63, 3.8) is 0 Å². The second-order valence-corrected chi connectivity index (χ2v) is 24.5. The van der Waals surface area contributed by atoms with Crippen LogP contribution in [-0.4, -0.2) is 37.2 Å². The van der Waals surface area contributed by atoms with Gasteiger partial charge in [0.2, 0.25) is 0 Å². The fraction of sp³-hybridized carbons (Fsp3) is 0.931. The van der Waals surface area contributed by atoms with Gasteiger partial charge in [-0.25, -0.2) is 0 Å². The number of allylic oxidation sites excluding steroid dienone is 2. The summed E-state index contributed by atoms with van der Waals surface area (Å²) < 4.78 is 17.0. The molecule has 0 aromatic carbocycles. The third-order valence-electron chi connectivity index (χ3n) is 16.5. The van der Waals surface area contributed by atoms with Crippen molar-refractivity contribution in [1.82, 2.24) is 0 Å². The lowest BCUT2D eigenvalue weighted by atomic mass is 10.0. The molecule has 0 aromatic rings. The number of rotatable bonds is 67. The first-order valence-electron chi connectivity index (χ1n) is 35.7. The Morgan fingerprint density at radius 1 is 0.244 bits per heavy atom. The Balaban J connectivity index is 4.19. The molecule has 6 nitrogen and oxygen atoms in total. The van der Waals surface area contributed by atoms with Crippen molar-refractivity contribution in [1.29, 1.82) is 0 Å². The minimum Gasteiger partial charge on any atom is -0.462 e. The van der Waals surface area contributed by atoms with Gasteiger partial charge < -0.3 is 14.2 Å². The fourth-order valence-electron chi connectivity index (χ4n) is 11.2. The fourth-order valence-corrected chi connectivity index (χ4v) is 11.2. The molecular formula is C72H138O6. The molecule has 6 heteroatoms. The summed E-state index contributed by atoms with van der Waals surface area (Å²) in [5, 5.41) is 0. The Morgan fingerprint density at radius 2 is 0.423 bits per heavy atom. The molecule has 0 N–H and O–H groups in total. The molecule has 0 aliphatic carbocycles. The van der Waals surface area contributed by atoms with Crippen LogP contribution in [0.2, 0.25) is 0 Å². The van der Waals surface area contributed by atoms with Gasteiger partial charge in [-0.3, -0.25) is 14.4 Å². The van der Waals surface area contributed by atoms with Crippen LogP contribution in [0.3, 0.4) is 0 Å². The van der Waals surface area contributed by atoms with Gasteiger partial charge in [-0.2, -0.15) is 0 Å². The zero-order valence-electron chi connectivity index (χ0n) is 53.2. The van der Waals surface area contributed by atoms with Gasteiger partial charge in [0.25, 0.3) is 0 Å². The van der Waals surface area contributed by atoms with Gasteiger partial charge in [-0.1, -0.05) is 360 Å². The van der Waals surface area contributed by atoms with E-state index in [9.17, 15) is 14.4 Å². The highest BCUT2D eigenvalue weighted by Crippen LogP contribution is 2.19. The quantitative estimate of drug-likeness (QED) is 0.0261. The van der Waals surface area contributed by atoms with Gasteiger partial charge in [-0.15, -0.1) is 0 Å². The van der Waals surface area contributed by atoms with Gasteiger partial charge >= 0.3 is 17.9 Å². The summed E-state index contributed by atoms with van der Waals surface area (Å²) in [7, 11) is 0. The summed E-state index contributed by atoms with van der Waals surface area (Å²) in [6.07, 6.45) is 81.0. The highest BCUT2D eigenvalue weighted by Gasteiger charge is 2.19. The normalized spacial score (nSPS) is 12.0. The van der Waals surface area contributed by atoms with Gasteiger partial charge in [0.1, 0.15) is 13.2 Å². The van der Waals surface area contributed by atoms with Crippen LogP contribution in [0.15, 0.2) is 12.2 Å². The maximum Gasteiger partial charge on any atom is 0.306 e. The van der Waals surface area contributed by atoms with Crippen molar-refractivity contribution >= 4 is 17.9 Å². The highest BCUT2D eigenvalue weighted by atomic mass is 16.6. The molecule has 462 valence electrons. The topological polar surface area (TPSA) is 78.9 Å². The number of unbranched alkanes of at least 4 members (excludes halogenated alkanes) is 54. The molecule has 0 amide bonds. The summed E-state index contributed by atoms with van der Waals surface area (Å²) in [6, 6.07) is 0. The molecule has 0 aliphatic rings. The average molecular weight is 1100 g/mol. The van der Waals surface area contributed by atoms with E-state index in [0.29, 0.717) is 19.3 Å². The molecule has 0 fully saturated rings.